The van der Waals surface area contributed by atoms with Crippen LogP contribution in [0.2, 0.25) is 0 Å². The lowest BCUT2D eigenvalue weighted by Gasteiger charge is -2.29. The number of hydrogen-bond acceptors (Lipinski definition) is 10. The number of fused-ring (bicyclic) bond motifs is 2. The third-order valence-corrected chi connectivity index (χ3v) is 7.46. The van der Waals surface area contributed by atoms with E-state index >= 15 is 0 Å². The number of nitrogens with two attached hydrogens (primary N) is 1. The molecule has 6 N–H and O–H groups in total. The maximum atomic E-state index is 8.08. The molecule has 1 aliphatic heterocycles. The van der Waals surface area contributed by atoms with E-state index < -0.39 is 5.79 Å². The van der Waals surface area contributed by atoms with Crippen LogP contribution < -0.4 is 11.1 Å². The minimum atomic E-state index is -1.50. The van der Waals surface area contributed by atoms with Crippen LogP contribution in [0.15, 0.2) is 30.9 Å². The van der Waals surface area contributed by atoms with Gasteiger partial charge in [-0.15, -0.1) is 0 Å². The van der Waals surface area contributed by atoms with Crippen molar-refractivity contribution in [3.8, 4) is 0 Å². The first-order valence-electron chi connectivity index (χ1n) is 15.2. The maximum absolute atomic E-state index is 8.08. The number of benzene rings is 1. The number of rotatable bonds is 10. The van der Waals surface area contributed by atoms with Gasteiger partial charge in [-0.05, 0) is 83.0 Å². The minimum Gasteiger partial charge on any atom is -0.382 e. The average molecular weight is 596 g/mol. The van der Waals surface area contributed by atoms with Gasteiger partial charge in [0.2, 0.25) is 5.95 Å². The summed E-state index contributed by atoms with van der Waals surface area (Å²) in [6.07, 6.45) is 7.49. The first-order valence-corrected chi connectivity index (χ1v) is 15.2. The number of nitrogen functional groups attached to an aromatic ring is 1. The Morgan fingerprint density at radius 2 is 1.86 bits per heavy atom. The largest absolute Gasteiger partial charge is 0.382 e. The van der Waals surface area contributed by atoms with E-state index in [0.717, 1.165) is 67.9 Å². The summed E-state index contributed by atoms with van der Waals surface area (Å²) in [5.74, 6) is -0.255. The summed E-state index contributed by atoms with van der Waals surface area (Å²) in [5, 5.41) is 19.6. The standard InChI is InChI=1S/C28H41N9O.C3H8O2/c1-18(2)36(15-20-9-11-23(38-20)37-17-33-24-25(29)31-16-32-26(24)37)13-7-6-12-30-27-34-21-10-8-19(28(3,4)5)14-22(21)35-27;1-3(2,4)5/h8,10,14,16-18,20,23H,6-7,9,11-13,15H2,1-5H3,(H2,29,31,32)(H2,30,34,35);4-5H,1-2H3. The Bertz CT molecular complexity index is 1460. The van der Waals surface area contributed by atoms with Crippen LogP contribution in [-0.2, 0) is 10.2 Å². The van der Waals surface area contributed by atoms with E-state index in [-0.39, 0.29) is 17.7 Å². The summed E-state index contributed by atoms with van der Waals surface area (Å²) in [4.78, 5) is 23.5. The number of nitrogens with zero attached hydrogens (tertiary/aromatic N) is 6. The molecule has 0 amide bonds. The van der Waals surface area contributed by atoms with E-state index in [1.807, 2.05) is 4.57 Å². The highest BCUT2D eigenvalue weighted by Gasteiger charge is 2.30. The number of imidazole rings is 2. The first-order chi connectivity index (χ1) is 20.2. The summed E-state index contributed by atoms with van der Waals surface area (Å²) in [7, 11) is 0. The maximum Gasteiger partial charge on any atom is 0.201 e. The van der Waals surface area contributed by atoms with Crippen molar-refractivity contribution in [1.82, 2.24) is 34.4 Å². The number of nitrogens with one attached hydrogen (secondary N) is 2. The fourth-order valence-electron chi connectivity index (χ4n) is 5.13. The lowest BCUT2D eigenvalue weighted by Crippen LogP contribution is -2.38. The zero-order valence-corrected chi connectivity index (χ0v) is 26.6. The van der Waals surface area contributed by atoms with Gasteiger partial charge in [-0.2, -0.15) is 0 Å². The molecule has 2 atom stereocenters. The Hall–Kier alpha value is -3.32. The Labute approximate surface area is 254 Å². The van der Waals surface area contributed by atoms with Crippen LogP contribution in [0.5, 0.6) is 0 Å². The molecule has 12 nitrogen and oxygen atoms in total. The quantitative estimate of drug-likeness (QED) is 0.130. The van der Waals surface area contributed by atoms with Gasteiger partial charge in [0.15, 0.2) is 17.3 Å². The van der Waals surface area contributed by atoms with Crippen molar-refractivity contribution >= 4 is 34.0 Å². The number of anilines is 2. The van der Waals surface area contributed by atoms with Gasteiger partial charge in [0.1, 0.15) is 18.1 Å². The Kier molecular flexibility index (Phi) is 10.3. The van der Waals surface area contributed by atoms with Crippen LogP contribution in [0.3, 0.4) is 0 Å². The SMILES string of the molecule is CC(C)(O)O.CC(C)N(CCCCNc1nc2ccc(C(C)(C)C)cc2[nH]1)CC1CCC(n2cnc3c(N)ncnc32)O1. The monoisotopic (exact) mass is 595 g/mol. The Morgan fingerprint density at radius 3 is 2.56 bits per heavy atom. The van der Waals surface area contributed by atoms with Crippen LogP contribution in [-0.4, -0.2) is 82.2 Å². The second-order valence-electron chi connectivity index (χ2n) is 13.2. The molecule has 4 aromatic rings. The van der Waals surface area contributed by atoms with E-state index in [1.165, 1.54) is 25.7 Å². The highest BCUT2D eigenvalue weighted by Crippen LogP contribution is 2.32. The molecule has 0 aliphatic carbocycles. The lowest BCUT2D eigenvalue weighted by molar-refractivity contribution is -0.127. The molecule has 0 bridgehead atoms. The number of H-pyrrole nitrogens is 1. The van der Waals surface area contributed by atoms with Crippen molar-refractivity contribution in [1.29, 1.82) is 0 Å². The predicted molar refractivity (Wildman–Crippen MR) is 171 cm³/mol. The zero-order valence-electron chi connectivity index (χ0n) is 26.6. The summed E-state index contributed by atoms with van der Waals surface area (Å²) < 4.78 is 8.42. The van der Waals surface area contributed by atoms with Gasteiger partial charge in [0.05, 0.1) is 23.5 Å². The molecule has 1 saturated heterocycles. The Morgan fingerprint density at radius 1 is 1.12 bits per heavy atom. The van der Waals surface area contributed by atoms with Gasteiger partial charge in [0, 0.05) is 19.1 Å². The van der Waals surface area contributed by atoms with Crippen LogP contribution in [0.4, 0.5) is 11.8 Å². The van der Waals surface area contributed by atoms with Crippen molar-refractivity contribution < 1.29 is 14.9 Å². The van der Waals surface area contributed by atoms with Crippen LogP contribution in [0, 0.1) is 0 Å². The van der Waals surface area contributed by atoms with E-state index in [4.69, 9.17) is 25.7 Å². The molecule has 12 heteroatoms. The third-order valence-electron chi connectivity index (χ3n) is 7.46. The highest BCUT2D eigenvalue weighted by molar-refractivity contribution is 5.81. The summed E-state index contributed by atoms with van der Waals surface area (Å²) in [6, 6.07) is 6.94. The van der Waals surface area contributed by atoms with E-state index in [0.29, 0.717) is 17.4 Å². The summed E-state index contributed by atoms with van der Waals surface area (Å²) >= 11 is 0. The van der Waals surface area contributed by atoms with E-state index in [9.17, 15) is 0 Å². The highest BCUT2D eigenvalue weighted by atomic mass is 16.5. The van der Waals surface area contributed by atoms with Crippen LogP contribution in [0.1, 0.15) is 85.9 Å². The zero-order chi connectivity index (χ0) is 31.4. The number of aromatic nitrogens is 6. The van der Waals surface area contributed by atoms with Crippen molar-refractivity contribution in [2.75, 3.05) is 30.7 Å². The van der Waals surface area contributed by atoms with Crippen LogP contribution in [0.25, 0.3) is 22.2 Å². The number of hydrogen-bond donors (Lipinski definition) is 5. The molecule has 1 aromatic carbocycles. The predicted octanol–water partition coefficient (Wildman–Crippen LogP) is 4.57. The van der Waals surface area contributed by atoms with Gasteiger partial charge in [-0.1, -0.05) is 26.8 Å². The Balaban J connectivity index is 0.000000782. The van der Waals surface area contributed by atoms with Gasteiger partial charge >= 0.3 is 0 Å². The van der Waals surface area contributed by atoms with E-state index in [2.05, 4.69) is 83.0 Å². The van der Waals surface area contributed by atoms with Crippen molar-refractivity contribution in [3.63, 3.8) is 0 Å². The molecule has 0 saturated carbocycles. The van der Waals surface area contributed by atoms with Crippen LogP contribution >= 0.6 is 0 Å². The smallest absolute Gasteiger partial charge is 0.201 e. The van der Waals surface area contributed by atoms with Gasteiger partial charge in [-0.3, -0.25) is 9.47 Å². The summed E-state index contributed by atoms with van der Waals surface area (Å²) in [5.41, 5.74) is 10.8. The average Bonchev–Trinajstić information content (AvgIpc) is 3.64. The van der Waals surface area contributed by atoms with Gasteiger partial charge < -0.3 is 31.0 Å². The second-order valence-corrected chi connectivity index (χ2v) is 13.2. The number of ether oxygens (including phenoxy) is 1. The molecule has 4 heterocycles. The minimum absolute atomic E-state index is 0.0687. The van der Waals surface area contributed by atoms with Gasteiger partial charge in [0.25, 0.3) is 0 Å². The molecule has 0 radical (unpaired) electrons. The van der Waals surface area contributed by atoms with Crippen molar-refractivity contribution in [3.05, 3.63) is 36.4 Å². The molecule has 236 valence electrons. The molecular formula is C31H49N9O3. The molecule has 0 spiro atoms. The molecule has 3 aromatic heterocycles. The van der Waals surface area contributed by atoms with Crippen molar-refractivity contribution in [2.45, 2.75) is 104 Å². The molecule has 5 rings (SSSR count). The summed E-state index contributed by atoms with van der Waals surface area (Å²) in [6.45, 7) is 16.7. The molecule has 43 heavy (non-hydrogen) atoms. The number of aromatic amines is 1. The lowest BCUT2D eigenvalue weighted by atomic mass is 9.87. The molecule has 2 unspecified atom stereocenters. The number of aliphatic hydroxyl groups is 2. The normalized spacial score (nSPS) is 17.7. The second kappa shape index (κ2) is 13.5. The third kappa shape index (κ3) is 9.09. The molecule has 1 aliphatic rings. The molecular weight excluding hydrogens is 546 g/mol. The molecule has 1 fully saturated rings. The topological polar surface area (TPSA) is 163 Å². The number of unbranched alkanes of at least 4 members (excludes halogenated alkanes) is 1. The fraction of sp³-hybridized carbons (Fsp3) is 0.613. The van der Waals surface area contributed by atoms with E-state index in [1.54, 1.807) is 6.33 Å². The van der Waals surface area contributed by atoms with Crippen molar-refractivity contribution in [2.24, 2.45) is 0 Å². The van der Waals surface area contributed by atoms with Gasteiger partial charge in [-0.25, -0.2) is 19.9 Å². The fourth-order valence-corrected chi connectivity index (χ4v) is 5.13. The first kappa shape index (κ1) is 32.6.